The van der Waals surface area contributed by atoms with E-state index in [0.717, 1.165) is 11.8 Å². The van der Waals surface area contributed by atoms with Gasteiger partial charge < -0.3 is 0 Å². The zero-order valence-corrected chi connectivity index (χ0v) is 10.8. The molecule has 3 heteroatoms. The number of ketones is 1. The lowest BCUT2D eigenvalue weighted by molar-refractivity contribution is 0.104. The Morgan fingerprint density at radius 1 is 1.05 bits per heavy atom. The minimum Gasteiger partial charge on any atom is -0.298 e. The van der Waals surface area contributed by atoms with Gasteiger partial charge in [0.15, 0.2) is 5.78 Å². The van der Waals surface area contributed by atoms with Gasteiger partial charge in [-0.3, -0.25) is 9.59 Å². The molecule has 0 radical (unpaired) electrons. The Morgan fingerprint density at radius 2 is 1.75 bits per heavy atom. The van der Waals surface area contributed by atoms with Crippen LogP contribution in [0.3, 0.4) is 0 Å². The Balaban J connectivity index is 2.04. The van der Waals surface area contributed by atoms with Crippen molar-refractivity contribution in [1.82, 2.24) is 0 Å². The van der Waals surface area contributed by atoms with Crippen LogP contribution in [-0.2, 0) is 6.42 Å². The van der Waals surface area contributed by atoms with Crippen molar-refractivity contribution in [3.63, 3.8) is 0 Å². The molecule has 0 bridgehead atoms. The van der Waals surface area contributed by atoms with E-state index in [2.05, 4.69) is 0 Å². The van der Waals surface area contributed by atoms with E-state index in [-0.39, 0.29) is 11.6 Å². The van der Waals surface area contributed by atoms with Crippen LogP contribution in [0.1, 0.15) is 26.3 Å². The van der Waals surface area contributed by atoms with Gasteiger partial charge in [0.05, 0.1) is 0 Å². The van der Waals surface area contributed by atoms with Gasteiger partial charge in [0, 0.05) is 11.1 Å². The van der Waals surface area contributed by atoms with Gasteiger partial charge in [-0.1, -0.05) is 30.3 Å². The minimum atomic E-state index is -0.370. The third-order valence-corrected chi connectivity index (χ3v) is 2.92. The molecule has 0 aliphatic carbocycles. The first-order valence-electron chi connectivity index (χ1n) is 6.20. The Bertz CT molecular complexity index is 642. The number of rotatable bonds is 5. The van der Waals surface area contributed by atoms with Crippen LogP contribution in [0.2, 0.25) is 0 Å². The number of hydrogen-bond donors (Lipinski definition) is 0. The van der Waals surface area contributed by atoms with Crippen LogP contribution in [0.5, 0.6) is 0 Å². The van der Waals surface area contributed by atoms with Gasteiger partial charge in [0.1, 0.15) is 12.1 Å². The monoisotopic (exact) mass is 268 g/mol. The Morgan fingerprint density at radius 3 is 2.45 bits per heavy atom. The molecule has 0 amide bonds. The number of hydrogen-bond acceptors (Lipinski definition) is 2. The fraction of sp³-hybridized carbons (Fsp3) is 0.0588. The summed E-state index contributed by atoms with van der Waals surface area (Å²) in [6.45, 7) is 0. The molecule has 0 atom stereocenters. The highest BCUT2D eigenvalue weighted by atomic mass is 19.1. The molecule has 0 N–H and O–H groups in total. The van der Waals surface area contributed by atoms with Crippen molar-refractivity contribution < 1.29 is 14.0 Å². The lowest BCUT2D eigenvalue weighted by Gasteiger charge is -2.00. The van der Waals surface area contributed by atoms with E-state index < -0.39 is 0 Å². The second-order valence-corrected chi connectivity index (χ2v) is 4.29. The molecule has 2 nitrogen and oxygen atoms in total. The maximum Gasteiger partial charge on any atom is 0.185 e. The van der Waals surface area contributed by atoms with E-state index >= 15 is 0 Å². The maximum atomic E-state index is 12.7. The number of halogens is 1. The van der Waals surface area contributed by atoms with Crippen molar-refractivity contribution in [2.45, 2.75) is 6.42 Å². The summed E-state index contributed by atoms with van der Waals surface area (Å²) in [5.41, 5.74) is 1.92. The quantitative estimate of drug-likeness (QED) is 0.471. The molecule has 0 fully saturated rings. The van der Waals surface area contributed by atoms with Crippen LogP contribution in [-0.4, -0.2) is 12.1 Å². The summed E-state index contributed by atoms with van der Waals surface area (Å²) in [6, 6.07) is 12.6. The normalized spacial score (nSPS) is 10.7. The van der Waals surface area contributed by atoms with Gasteiger partial charge in [-0.05, 0) is 42.3 Å². The van der Waals surface area contributed by atoms with Gasteiger partial charge in [-0.25, -0.2) is 4.39 Å². The van der Waals surface area contributed by atoms with E-state index in [1.54, 1.807) is 18.2 Å². The standard InChI is InChI=1S/C17H13FO2/c18-16-10-8-14(9-11-16)17(20)7-3-6-13-4-1-2-5-15(13)12-19/h1-5,7-12H,6H2/b7-3+. The van der Waals surface area contributed by atoms with E-state index in [1.165, 1.54) is 30.3 Å². The second kappa shape index (κ2) is 6.57. The molecule has 0 aromatic heterocycles. The van der Waals surface area contributed by atoms with Crippen molar-refractivity contribution in [1.29, 1.82) is 0 Å². The van der Waals surface area contributed by atoms with Gasteiger partial charge in [0.25, 0.3) is 0 Å². The summed E-state index contributed by atoms with van der Waals surface area (Å²) in [5.74, 6) is -0.556. The summed E-state index contributed by atoms with van der Waals surface area (Å²) in [4.78, 5) is 22.7. The van der Waals surface area contributed by atoms with Gasteiger partial charge in [-0.15, -0.1) is 0 Å². The van der Waals surface area contributed by atoms with Crippen molar-refractivity contribution in [3.05, 3.63) is 83.2 Å². The van der Waals surface area contributed by atoms with Crippen LogP contribution in [0.4, 0.5) is 4.39 Å². The molecule has 0 saturated carbocycles. The fourth-order valence-corrected chi connectivity index (χ4v) is 1.84. The summed E-state index contributed by atoms with van der Waals surface area (Å²) in [7, 11) is 0. The lowest BCUT2D eigenvalue weighted by Crippen LogP contribution is -1.95. The smallest absolute Gasteiger partial charge is 0.185 e. The summed E-state index contributed by atoms with van der Waals surface area (Å²) >= 11 is 0. The van der Waals surface area contributed by atoms with E-state index in [4.69, 9.17) is 0 Å². The molecule has 0 saturated heterocycles. The molecule has 2 aromatic rings. The molecular formula is C17H13FO2. The second-order valence-electron chi connectivity index (χ2n) is 4.29. The molecule has 0 spiro atoms. The van der Waals surface area contributed by atoms with Crippen molar-refractivity contribution in [2.24, 2.45) is 0 Å². The van der Waals surface area contributed by atoms with Gasteiger partial charge >= 0.3 is 0 Å². The Hall–Kier alpha value is -2.55. The summed E-state index contributed by atoms with van der Waals surface area (Å²) < 4.78 is 12.7. The highest BCUT2D eigenvalue weighted by Crippen LogP contribution is 2.09. The van der Waals surface area contributed by atoms with Crippen LogP contribution in [0.15, 0.2) is 60.7 Å². The van der Waals surface area contributed by atoms with Crippen molar-refractivity contribution >= 4 is 12.1 Å². The maximum absolute atomic E-state index is 12.7. The number of aldehydes is 1. The summed E-state index contributed by atoms with van der Waals surface area (Å²) in [6.07, 6.45) is 4.44. The number of carbonyl (C=O) groups excluding carboxylic acids is 2. The molecule has 100 valence electrons. The predicted molar refractivity (Wildman–Crippen MR) is 75.4 cm³/mol. The van der Waals surface area contributed by atoms with Crippen molar-refractivity contribution in [3.8, 4) is 0 Å². The molecule has 0 unspecified atom stereocenters. The average molecular weight is 268 g/mol. The third-order valence-electron chi connectivity index (χ3n) is 2.92. The van der Waals surface area contributed by atoms with Gasteiger partial charge in [0.2, 0.25) is 0 Å². The molecule has 0 aliphatic heterocycles. The third kappa shape index (κ3) is 3.48. The van der Waals surface area contributed by atoms with E-state index in [0.29, 0.717) is 17.5 Å². The van der Waals surface area contributed by atoms with E-state index in [9.17, 15) is 14.0 Å². The number of allylic oxidation sites excluding steroid dienone is 2. The lowest BCUT2D eigenvalue weighted by atomic mass is 10.0. The molecule has 2 aromatic carbocycles. The van der Waals surface area contributed by atoms with Crippen molar-refractivity contribution in [2.75, 3.05) is 0 Å². The average Bonchev–Trinajstić information content (AvgIpc) is 2.48. The number of benzene rings is 2. The van der Waals surface area contributed by atoms with E-state index in [1.807, 2.05) is 12.1 Å². The molecule has 0 aliphatic rings. The van der Waals surface area contributed by atoms with Crippen LogP contribution < -0.4 is 0 Å². The summed E-state index contributed by atoms with van der Waals surface area (Å²) in [5, 5.41) is 0. The van der Waals surface area contributed by atoms with Crippen LogP contribution in [0.25, 0.3) is 0 Å². The minimum absolute atomic E-state index is 0.186. The predicted octanol–water partition coefficient (Wildman–Crippen LogP) is 3.62. The first kappa shape index (κ1) is 13.9. The van der Waals surface area contributed by atoms with Gasteiger partial charge in [-0.2, -0.15) is 0 Å². The fourth-order valence-electron chi connectivity index (χ4n) is 1.84. The largest absolute Gasteiger partial charge is 0.298 e. The highest BCUT2D eigenvalue weighted by molar-refractivity contribution is 6.04. The molecule has 20 heavy (non-hydrogen) atoms. The highest BCUT2D eigenvalue weighted by Gasteiger charge is 2.02. The molecular weight excluding hydrogens is 255 g/mol. The Kier molecular flexibility index (Phi) is 4.56. The Labute approximate surface area is 116 Å². The zero-order valence-electron chi connectivity index (χ0n) is 10.8. The zero-order chi connectivity index (χ0) is 14.4. The first-order valence-corrected chi connectivity index (χ1v) is 6.20. The number of carbonyl (C=O) groups is 2. The van der Waals surface area contributed by atoms with Crippen LogP contribution >= 0.6 is 0 Å². The molecule has 2 rings (SSSR count). The van der Waals surface area contributed by atoms with Crippen LogP contribution in [0, 0.1) is 5.82 Å². The first-order chi connectivity index (χ1) is 9.70. The molecule has 0 heterocycles. The SMILES string of the molecule is O=Cc1ccccc1C/C=C/C(=O)c1ccc(F)cc1. The topological polar surface area (TPSA) is 34.1 Å².